The average Bonchev–Trinajstić information content (AvgIpc) is 3.48. The van der Waals surface area contributed by atoms with Crippen LogP contribution in [0.25, 0.3) is 0 Å². The number of rotatable bonds is 7. The van der Waals surface area contributed by atoms with E-state index >= 15 is 0 Å². The summed E-state index contributed by atoms with van der Waals surface area (Å²) in [5, 5.41) is 10.2. The fraction of sp³-hybridized carbons (Fsp3) is 0.261. The topological polar surface area (TPSA) is 76.0 Å². The molecular weight excluding hydrogens is 444 g/mol. The van der Waals surface area contributed by atoms with Crippen LogP contribution in [-0.2, 0) is 11.2 Å². The van der Waals surface area contributed by atoms with Crippen molar-refractivity contribution in [2.24, 2.45) is 5.92 Å². The van der Waals surface area contributed by atoms with E-state index in [0.717, 1.165) is 10.0 Å². The van der Waals surface area contributed by atoms with Gasteiger partial charge in [0.15, 0.2) is 0 Å². The quantitative estimate of drug-likeness (QED) is 0.511. The molecule has 4 rings (SSSR count). The molecule has 0 spiro atoms. The monoisotopic (exact) mass is 466 g/mol. The van der Waals surface area contributed by atoms with Crippen molar-refractivity contribution in [3.05, 3.63) is 76.4 Å². The Morgan fingerprint density at radius 1 is 1.13 bits per heavy atom. The van der Waals surface area contributed by atoms with Crippen molar-refractivity contribution in [2.45, 2.75) is 32.2 Å². The van der Waals surface area contributed by atoms with Crippen molar-refractivity contribution in [2.75, 3.05) is 10.6 Å². The minimum absolute atomic E-state index is 0.133. The van der Waals surface area contributed by atoms with E-state index in [2.05, 4.69) is 38.6 Å². The first kappa shape index (κ1) is 20.3. The van der Waals surface area contributed by atoms with Gasteiger partial charge < -0.3 is 10.6 Å². The van der Waals surface area contributed by atoms with Gasteiger partial charge in [0.1, 0.15) is 5.82 Å². The smallest absolute Gasteiger partial charge is 0.256 e. The molecule has 3 aromatic rings. The largest absolute Gasteiger partial charge is 0.326 e. The Hall–Kier alpha value is -2.93. The molecule has 0 saturated heterocycles. The van der Waals surface area contributed by atoms with Crippen molar-refractivity contribution in [1.29, 1.82) is 0 Å². The van der Waals surface area contributed by atoms with Crippen LogP contribution in [0.2, 0.25) is 0 Å². The first-order chi connectivity index (χ1) is 14.5. The molecule has 1 aliphatic carbocycles. The van der Waals surface area contributed by atoms with Gasteiger partial charge in [0.05, 0.1) is 18.7 Å². The van der Waals surface area contributed by atoms with Crippen LogP contribution >= 0.6 is 15.9 Å². The number of amides is 2. The summed E-state index contributed by atoms with van der Waals surface area (Å²) >= 11 is 3.39. The van der Waals surface area contributed by atoms with Gasteiger partial charge >= 0.3 is 0 Å². The molecule has 1 saturated carbocycles. The van der Waals surface area contributed by atoms with Gasteiger partial charge in [0.25, 0.3) is 5.91 Å². The van der Waals surface area contributed by atoms with Gasteiger partial charge in [-0.2, -0.15) is 5.10 Å². The molecule has 1 atom stereocenters. The molecule has 154 valence electrons. The van der Waals surface area contributed by atoms with Crippen molar-refractivity contribution in [3.63, 3.8) is 0 Å². The molecule has 1 aromatic heterocycles. The number of nitrogens with one attached hydrogen (secondary N) is 2. The van der Waals surface area contributed by atoms with Crippen LogP contribution in [0, 0.1) is 5.92 Å². The number of aromatic nitrogens is 2. The van der Waals surface area contributed by atoms with E-state index in [1.165, 1.54) is 12.8 Å². The van der Waals surface area contributed by atoms with Gasteiger partial charge in [-0.15, -0.1) is 0 Å². The third-order valence-corrected chi connectivity index (χ3v) is 5.82. The number of benzene rings is 2. The first-order valence-electron chi connectivity index (χ1n) is 9.99. The fourth-order valence-corrected chi connectivity index (χ4v) is 3.70. The number of nitrogens with zero attached hydrogens (tertiary/aromatic N) is 2. The van der Waals surface area contributed by atoms with E-state index in [4.69, 9.17) is 0 Å². The minimum Gasteiger partial charge on any atom is -0.326 e. The summed E-state index contributed by atoms with van der Waals surface area (Å²) in [6.07, 6.45) is 4.38. The Balaban J connectivity index is 1.40. The van der Waals surface area contributed by atoms with E-state index in [-0.39, 0.29) is 24.3 Å². The van der Waals surface area contributed by atoms with Crippen molar-refractivity contribution < 1.29 is 9.59 Å². The zero-order chi connectivity index (χ0) is 21.1. The maximum absolute atomic E-state index is 12.8. The van der Waals surface area contributed by atoms with Crippen LogP contribution in [0.3, 0.4) is 0 Å². The predicted octanol–water partition coefficient (Wildman–Crippen LogP) is 5.05. The van der Waals surface area contributed by atoms with Crippen molar-refractivity contribution in [1.82, 2.24) is 9.78 Å². The molecule has 1 heterocycles. The summed E-state index contributed by atoms with van der Waals surface area (Å²) in [6.45, 7) is 2.13. The summed E-state index contributed by atoms with van der Waals surface area (Å²) in [6, 6.07) is 16.6. The summed E-state index contributed by atoms with van der Waals surface area (Å²) in [5.74, 6) is 0.948. The Kier molecular flexibility index (Phi) is 5.99. The zero-order valence-corrected chi connectivity index (χ0v) is 18.2. The summed E-state index contributed by atoms with van der Waals surface area (Å²) in [4.78, 5) is 25.1. The Labute approximate surface area is 183 Å². The minimum atomic E-state index is -0.233. The molecule has 0 bridgehead atoms. The van der Waals surface area contributed by atoms with Gasteiger partial charge in [0.2, 0.25) is 5.91 Å². The molecule has 2 aromatic carbocycles. The molecule has 0 radical (unpaired) electrons. The van der Waals surface area contributed by atoms with Crippen LogP contribution in [-0.4, -0.2) is 21.6 Å². The fourth-order valence-electron chi connectivity index (χ4n) is 3.44. The lowest BCUT2D eigenvalue weighted by molar-refractivity contribution is -0.115. The van der Waals surface area contributed by atoms with Crippen LogP contribution in [0.4, 0.5) is 11.5 Å². The highest BCUT2D eigenvalue weighted by Crippen LogP contribution is 2.40. The molecule has 1 aliphatic rings. The second kappa shape index (κ2) is 8.83. The number of halogens is 1. The van der Waals surface area contributed by atoms with Crippen LogP contribution in [0.1, 0.15) is 41.7 Å². The van der Waals surface area contributed by atoms with Crippen molar-refractivity contribution >= 4 is 39.2 Å². The Bertz CT molecular complexity index is 1060. The summed E-state index contributed by atoms with van der Waals surface area (Å²) in [7, 11) is 0. The highest BCUT2D eigenvalue weighted by Gasteiger charge is 2.30. The standard InChI is InChI=1S/C23H23BrN4O2/c1-15(17-7-8-17)28-21(11-12-25-28)27-23(30)18-3-2-4-20(14-18)26-22(29)13-16-5-9-19(24)10-6-16/h2-6,9-12,14-15,17H,7-8,13H2,1H3,(H,26,29)(H,27,30). The van der Waals surface area contributed by atoms with E-state index in [0.29, 0.717) is 23.0 Å². The molecule has 1 unspecified atom stereocenters. The zero-order valence-electron chi connectivity index (χ0n) is 16.6. The first-order valence-corrected chi connectivity index (χ1v) is 10.8. The number of hydrogen-bond acceptors (Lipinski definition) is 3. The van der Waals surface area contributed by atoms with Crippen LogP contribution < -0.4 is 10.6 Å². The number of carbonyl (C=O) groups is 2. The van der Waals surface area contributed by atoms with Crippen LogP contribution in [0.5, 0.6) is 0 Å². The third kappa shape index (κ3) is 4.97. The average molecular weight is 467 g/mol. The van der Waals surface area contributed by atoms with E-state index < -0.39 is 0 Å². The molecule has 7 heteroatoms. The third-order valence-electron chi connectivity index (χ3n) is 5.29. The molecular formula is C23H23BrN4O2. The summed E-state index contributed by atoms with van der Waals surface area (Å²) < 4.78 is 2.85. The Morgan fingerprint density at radius 3 is 2.63 bits per heavy atom. The van der Waals surface area contributed by atoms with Crippen molar-refractivity contribution in [3.8, 4) is 0 Å². The van der Waals surface area contributed by atoms with E-state index in [9.17, 15) is 9.59 Å². The second-order valence-electron chi connectivity index (χ2n) is 7.63. The van der Waals surface area contributed by atoms with Gasteiger partial charge in [-0.1, -0.05) is 34.1 Å². The second-order valence-corrected chi connectivity index (χ2v) is 8.54. The normalized spacial score (nSPS) is 14.2. The molecule has 1 fully saturated rings. The maximum Gasteiger partial charge on any atom is 0.256 e. The number of anilines is 2. The molecule has 2 N–H and O–H groups in total. The highest BCUT2D eigenvalue weighted by atomic mass is 79.9. The van der Waals surface area contributed by atoms with E-state index in [1.807, 2.05) is 28.9 Å². The van der Waals surface area contributed by atoms with E-state index in [1.54, 1.807) is 36.5 Å². The lowest BCUT2D eigenvalue weighted by atomic mass is 10.1. The van der Waals surface area contributed by atoms with Gasteiger partial charge in [-0.3, -0.25) is 9.59 Å². The predicted molar refractivity (Wildman–Crippen MR) is 121 cm³/mol. The van der Waals surface area contributed by atoms with Gasteiger partial charge in [0, 0.05) is 21.8 Å². The highest BCUT2D eigenvalue weighted by molar-refractivity contribution is 9.10. The molecule has 2 amide bonds. The maximum atomic E-state index is 12.8. The lowest BCUT2D eigenvalue weighted by Gasteiger charge is -2.15. The SMILES string of the molecule is CC(C1CC1)n1nccc1NC(=O)c1cccc(NC(=O)Cc2ccc(Br)cc2)c1. The van der Waals surface area contributed by atoms with Gasteiger partial charge in [-0.05, 0) is 61.6 Å². The number of hydrogen-bond donors (Lipinski definition) is 2. The Morgan fingerprint density at radius 2 is 1.90 bits per heavy atom. The number of carbonyl (C=O) groups excluding carboxylic acids is 2. The van der Waals surface area contributed by atoms with Gasteiger partial charge in [-0.25, -0.2) is 4.68 Å². The van der Waals surface area contributed by atoms with Crippen LogP contribution in [0.15, 0.2) is 65.3 Å². The molecule has 0 aliphatic heterocycles. The molecule has 30 heavy (non-hydrogen) atoms. The lowest BCUT2D eigenvalue weighted by Crippen LogP contribution is -2.19. The molecule has 6 nitrogen and oxygen atoms in total. The summed E-state index contributed by atoms with van der Waals surface area (Å²) in [5.41, 5.74) is 1.98.